The minimum Gasteiger partial charge on any atom is -0.344 e. The van der Waals surface area contributed by atoms with Gasteiger partial charge in [-0.1, -0.05) is 48.0 Å². The molecule has 0 bridgehead atoms. The molecule has 2 aromatic heterocycles. The third-order valence-corrected chi connectivity index (χ3v) is 5.18. The molecule has 0 fully saturated rings. The van der Waals surface area contributed by atoms with E-state index in [1.165, 1.54) is 11.6 Å². The van der Waals surface area contributed by atoms with Gasteiger partial charge in [0.1, 0.15) is 12.1 Å². The second-order valence-electron chi connectivity index (χ2n) is 7.01. The largest absolute Gasteiger partial charge is 0.344 e. The number of fused-ring (bicyclic) bond motifs is 1. The Kier molecular flexibility index (Phi) is 5.05. The van der Waals surface area contributed by atoms with E-state index >= 15 is 0 Å². The summed E-state index contributed by atoms with van der Waals surface area (Å²) in [6.45, 7) is -0.250. The zero-order chi connectivity index (χ0) is 21.4. The number of nitrogens with zero attached hydrogens (tertiary/aromatic N) is 3. The summed E-state index contributed by atoms with van der Waals surface area (Å²) in [7, 11) is 3.15. The van der Waals surface area contributed by atoms with Crippen LogP contribution < -0.4 is 16.6 Å². The molecule has 8 heteroatoms. The lowest BCUT2D eigenvalue weighted by atomic mass is 10.1. The van der Waals surface area contributed by atoms with Gasteiger partial charge in [-0.25, -0.2) is 4.79 Å². The van der Waals surface area contributed by atoms with Gasteiger partial charge >= 0.3 is 5.69 Å². The molecule has 0 saturated heterocycles. The number of anilines is 1. The van der Waals surface area contributed by atoms with Crippen molar-refractivity contribution < 1.29 is 4.79 Å². The van der Waals surface area contributed by atoms with Gasteiger partial charge in [0.05, 0.1) is 5.52 Å². The molecule has 0 aliphatic rings. The lowest BCUT2D eigenvalue weighted by Crippen LogP contribution is -2.40. The summed E-state index contributed by atoms with van der Waals surface area (Å²) in [5.41, 5.74) is 1.89. The molecule has 0 unspecified atom stereocenters. The van der Waals surface area contributed by atoms with Crippen LogP contribution in [0.2, 0.25) is 5.02 Å². The molecule has 7 nitrogen and oxygen atoms in total. The monoisotopic (exact) mass is 422 g/mol. The number of rotatable bonds is 4. The van der Waals surface area contributed by atoms with Crippen molar-refractivity contribution in [2.75, 3.05) is 5.32 Å². The fraction of sp³-hybridized carbons (Fsp3) is 0.136. The average molecular weight is 423 g/mol. The van der Waals surface area contributed by atoms with Crippen LogP contribution in [0.25, 0.3) is 22.2 Å². The molecule has 152 valence electrons. The van der Waals surface area contributed by atoms with E-state index in [2.05, 4.69) is 5.32 Å². The van der Waals surface area contributed by atoms with Crippen LogP contribution in [0.5, 0.6) is 0 Å². The van der Waals surface area contributed by atoms with Gasteiger partial charge in [-0.2, -0.15) is 0 Å². The molecular weight excluding hydrogens is 404 g/mol. The molecule has 1 N–H and O–H groups in total. The van der Waals surface area contributed by atoms with E-state index in [0.717, 1.165) is 10.1 Å². The molecule has 4 aromatic rings. The van der Waals surface area contributed by atoms with E-state index in [4.69, 9.17) is 11.6 Å². The quantitative estimate of drug-likeness (QED) is 0.549. The number of aromatic nitrogens is 3. The summed E-state index contributed by atoms with van der Waals surface area (Å²) >= 11 is 5.97. The Labute approximate surface area is 176 Å². The minimum absolute atomic E-state index is 0.250. The van der Waals surface area contributed by atoms with E-state index < -0.39 is 17.2 Å². The molecule has 0 atom stereocenters. The van der Waals surface area contributed by atoms with Gasteiger partial charge in [-0.3, -0.25) is 18.7 Å². The minimum atomic E-state index is -0.558. The Morgan fingerprint density at radius 3 is 2.43 bits per heavy atom. The number of benzene rings is 2. The maximum Gasteiger partial charge on any atom is 0.331 e. The topological polar surface area (TPSA) is 78.0 Å². The first-order valence-electron chi connectivity index (χ1n) is 9.26. The molecular formula is C22H19ClN4O3. The molecule has 0 radical (unpaired) electrons. The predicted octanol–water partition coefficient (Wildman–Crippen LogP) is 3.00. The lowest BCUT2D eigenvalue weighted by Gasteiger charge is -2.12. The first-order valence-corrected chi connectivity index (χ1v) is 9.64. The maximum atomic E-state index is 13.0. The van der Waals surface area contributed by atoms with Crippen LogP contribution in [-0.4, -0.2) is 19.6 Å². The number of halogens is 1. The second kappa shape index (κ2) is 7.68. The van der Waals surface area contributed by atoms with Gasteiger partial charge in [0.15, 0.2) is 0 Å². The first kappa shape index (κ1) is 19.7. The standard InChI is InChI=1S/C22H19ClN4O3/c1-25-12-17(14-7-4-3-5-8-14)19-20(25)21(29)26(2)22(30)27(19)13-18(28)24-16-10-6-9-15(23)11-16/h3-12H,13H2,1-2H3,(H,24,28). The van der Waals surface area contributed by atoms with Crippen LogP contribution in [0.1, 0.15) is 0 Å². The van der Waals surface area contributed by atoms with Crippen molar-refractivity contribution in [3.8, 4) is 11.1 Å². The number of aryl methyl sites for hydroxylation is 1. The van der Waals surface area contributed by atoms with Crippen molar-refractivity contribution in [3.05, 3.63) is 86.7 Å². The van der Waals surface area contributed by atoms with E-state index in [1.807, 2.05) is 30.3 Å². The molecule has 2 heterocycles. The molecule has 0 aliphatic heterocycles. The summed E-state index contributed by atoms with van der Waals surface area (Å²) in [4.78, 5) is 38.5. The van der Waals surface area contributed by atoms with Gasteiger partial charge in [0.2, 0.25) is 5.91 Å². The third-order valence-electron chi connectivity index (χ3n) is 4.94. The summed E-state index contributed by atoms with van der Waals surface area (Å²) in [5, 5.41) is 3.24. The normalized spacial score (nSPS) is 11.0. The smallest absolute Gasteiger partial charge is 0.331 e. The van der Waals surface area contributed by atoms with E-state index in [-0.39, 0.29) is 6.54 Å². The van der Waals surface area contributed by atoms with Crippen molar-refractivity contribution in [2.45, 2.75) is 6.54 Å². The van der Waals surface area contributed by atoms with Crippen LogP contribution in [0.4, 0.5) is 5.69 Å². The van der Waals surface area contributed by atoms with Gasteiger partial charge < -0.3 is 9.88 Å². The van der Waals surface area contributed by atoms with E-state index in [9.17, 15) is 14.4 Å². The molecule has 4 rings (SSSR count). The lowest BCUT2D eigenvalue weighted by molar-refractivity contribution is -0.116. The zero-order valence-corrected chi connectivity index (χ0v) is 17.2. The highest BCUT2D eigenvalue weighted by atomic mass is 35.5. The predicted molar refractivity (Wildman–Crippen MR) is 118 cm³/mol. The summed E-state index contributed by atoms with van der Waals surface area (Å²) < 4.78 is 4.04. The van der Waals surface area contributed by atoms with E-state index in [1.54, 1.807) is 42.1 Å². The van der Waals surface area contributed by atoms with Crippen LogP contribution in [0.3, 0.4) is 0 Å². The zero-order valence-electron chi connectivity index (χ0n) is 16.4. The fourth-order valence-corrected chi connectivity index (χ4v) is 3.74. The van der Waals surface area contributed by atoms with Crippen molar-refractivity contribution in [1.29, 1.82) is 0 Å². The van der Waals surface area contributed by atoms with Crippen molar-refractivity contribution in [2.24, 2.45) is 14.1 Å². The number of carbonyl (C=O) groups excluding carboxylic acids is 1. The molecule has 30 heavy (non-hydrogen) atoms. The Balaban J connectivity index is 1.87. The van der Waals surface area contributed by atoms with Gasteiger partial charge in [0, 0.05) is 36.6 Å². The highest BCUT2D eigenvalue weighted by Gasteiger charge is 2.20. The van der Waals surface area contributed by atoms with Crippen LogP contribution >= 0.6 is 11.6 Å². The number of nitrogens with one attached hydrogen (secondary N) is 1. The summed E-state index contributed by atoms with van der Waals surface area (Å²) in [6.07, 6.45) is 1.80. The number of hydrogen-bond donors (Lipinski definition) is 1. The second-order valence-corrected chi connectivity index (χ2v) is 7.44. The van der Waals surface area contributed by atoms with Gasteiger partial charge in [0.25, 0.3) is 5.56 Å². The van der Waals surface area contributed by atoms with Crippen molar-refractivity contribution in [1.82, 2.24) is 13.7 Å². The SMILES string of the molecule is Cn1c(=O)c2c(c(-c3ccccc3)cn2C)n(CC(=O)Nc2cccc(Cl)c2)c1=O. The number of carbonyl (C=O) groups is 1. The fourth-order valence-electron chi connectivity index (χ4n) is 3.55. The Morgan fingerprint density at radius 1 is 1.00 bits per heavy atom. The Bertz CT molecular complexity index is 1380. The van der Waals surface area contributed by atoms with Crippen LogP contribution in [0, 0.1) is 0 Å². The molecule has 0 spiro atoms. The summed E-state index contributed by atoms with van der Waals surface area (Å²) in [5.74, 6) is -0.401. The van der Waals surface area contributed by atoms with Crippen LogP contribution in [-0.2, 0) is 25.4 Å². The summed E-state index contributed by atoms with van der Waals surface area (Å²) in [6, 6.07) is 16.2. The average Bonchev–Trinajstić information content (AvgIpc) is 3.07. The maximum absolute atomic E-state index is 13.0. The number of amides is 1. The van der Waals surface area contributed by atoms with Crippen LogP contribution in [0.15, 0.2) is 70.4 Å². The third kappa shape index (κ3) is 3.44. The van der Waals surface area contributed by atoms with Gasteiger partial charge in [-0.05, 0) is 23.8 Å². The number of hydrogen-bond acceptors (Lipinski definition) is 3. The first-order chi connectivity index (χ1) is 14.4. The molecule has 2 aromatic carbocycles. The Morgan fingerprint density at radius 2 is 1.73 bits per heavy atom. The highest BCUT2D eigenvalue weighted by molar-refractivity contribution is 6.30. The van der Waals surface area contributed by atoms with Gasteiger partial charge in [-0.15, -0.1) is 0 Å². The van der Waals surface area contributed by atoms with Crippen molar-refractivity contribution >= 4 is 34.2 Å². The molecule has 0 saturated carbocycles. The Hall–Kier alpha value is -3.58. The highest BCUT2D eigenvalue weighted by Crippen LogP contribution is 2.28. The molecule has 0 aliphatic carbocycles. The van der Waals surface area contributed by atoms with Crippen molar-refractivity contribution in [3.63, 3.8) is 0 Å². The molecule has 1 amide bonds. The van der Waals surface area contributed by atoms with E-state index in [0.29, 0.717) is 27.3 Å².